The Labute approximate surface area is 83.9 Å². The summed E-state index contributed by atoms with van der Waals surface area (Å²) in [5.41, 5.74) is 0.992. The highest BCUT2D eigenvalue weighted by Gasteiger charge is 2.01. The normalized spacial score (nSPS) is 13.0. The van der Waals surface area contributed by atoms with Crippen LogP contribution in [-0.2, 0) is 4.79 Å². The molecule has 2 heteroatoms. The third-order valence-corrected chi connectivity index (χ3v) is 1.76. The van der Waals surface area contributed by atoms with Crippen LogP contribution in [0.1, 0.15) is 18.9 Å². The van der Waals surface area contributed by atoms with Gasteiger partial charge >= 0.3 is 0 Å². The molecule has 0 saturated carbocycles. The summed E-state index contributed by atoms with van der Waals surface area (Å²) in [4.78, 5) is 11.2. The van der Waals surface area contributed by atoms with Gasteiger partial charge in [-0.3, -0.25) is 4.79 Å². The van der Waals surface area contributed by atoms with Crippen molar-refractivity contribution in [3.8, 4) is 0 Å². The lowest BCUT2D eigenvalue weighted by molar-refractivity contribution is -0.116. The topological polar surface area (TPSA) is 37.3 Å². The zero-order valence-electron chi connectivity index (χ0n) is 8.18. The molecule has 1 N–H and O–H groups in total. The van der Waals surface area contributed by atoms with Crippen molar-refractivity contribution in [1.82, 2.24) is 0 Å². The van der Waals surface area contributed by atoms with E-state index in [2.05, 4.69) is 0 Å². The fourth-order valence-electron chi connectivity index (χ4n) is 1.11. The standard InChI is InChI=1S/C12H14O2/c1-10(13)9-12(14)8-7-11-5-3-2-4-6-11/h2-8,10,13H,9H2,1H3/b8-7+/t10-/m0/s1. The van der Waals surface area contributed by atoms with Crippen LogP contribution in [0.15, 0.2) is 36.4 Å². The predicted octanol–water partition coefficient (Wildman–Crippen LogP) is 2.04. The second-order valence-corrected chi connectivity index (χ2v) is 3.26. The van der Waals surface area contributed by atoms with Crippen molar-refractivity contribution in [2.75, 3.05) is 0 Å². The molecule has 0 spiro atoms. The summed E-state index contributed by atoms with van der Waals surface area (Å²) in [7, 11) is 0. The fraction of sp³-hybridized carbons (Fsp3) is 0.250. The van der Waals surface area contributed by atoms with Crippen LogP contribution in [0.5, 0.6) is 0 Å². The van der Waals surface area contributed by atoms with Gasteiger partial charge in [-0.15, -0.1) is 0 Å². The summed E-state index contributed by atoms with van der Waals surface area (Å²) in [6, 6.07) is 9.60. The quantitative estimate of drug-likeness (QED) is 0.738. The fourth-order valence-corrected chi connectivity index (χ4v) is 1.11. The van der Waals surface area contributed by atoms with E-state index >= 15 is 0 Å². The van der Waals surface area contributed by atoms with E-state index in [9.17, 15) is 4.79 Å². The van der Waals surface area contributed by atoms with Crippen LogP contribution >= 0.6 is 0 Å². The van der Waals surface area contributed by atoms with Crippen LogP contribution < -0.4 is 0 Å². The Bertz CT molecular complexity index is 312. The van der Waals surface area contributed by atoms with Gasteiger partial charge < -0.3 is 5.11 Å². The van der Waals surface area contributed by atoms with Crippen LogP contribution in [0.3, 0.4) is 0 Å². The zero-order chi connectivity index (χ0) is 10.4. The van der Waals surface area contributed by atoms with Crippen LogP contribution in [0.4, 0.5) is 0 Å². The Hall–Kier alpha value is -1.41. The van der Waals surface area contributed by atoms with Gasteiger partial charge in [0.05, 0.1) is 6.10 Å². The number of allylic oxidation sites excluding steroid dienone is 1. The van der Waals surface area contributed by atoms with Gasteiger partial charge in [-0.1, -0.05) is 36.4 Å². The molecular weight excluding hydrogens is 176 g/mol. The molecule has 1 aromatic carbocycles. The molecule has 0 fully saturated rings. The second-order valence-electron chi connectivity index (χ2n) is 3.26. The number of hydrogen-bond acceptors (Lipinski definition) is 2. The molecule has 0 aliphatic rings. The van der Waals surface area contributed by atoms with E-state index in [1.54, 1.807) is 13.0 Å². The number of hydrogen-bond donors (Lipinski definition) is 1. The summed E-state index contributed by atoms with van der Waals surface area (Å²) in [6.45, 7) is 1.61. The van der Waals surface area contributed by atoms with E-state index in [-0.39, 0.29) is 12.2 Å². The van der Waals surface area contributed by atoms with Gasteiger partial charge in [0.2, 0.25) is 0 Å². The monoisotopic (exact) mass is 190 g/mol. The van der Waals surface area contributed by atoms with E-state index in [1.807, 2.05) is 30.3 Å². The van der Waals surface area contributed by atoms with Gasteiger partial charge in [0.1, 0.15) is 0 Å². The van der Waals surface area contributed by atoms with Crippen LogP contribution in [0.2, 0.25) is 0 Å². The minimum Gasteiger partial charge on any atom is -0.393 e. The molecule has 0 bridgehead atoms. The van der Waals surface area contributed by atoms with Gasteiger partial charge in [0, 0.05) is 6.42 Å². The first-order valence-electron chi connectivity index (χ1n) is 4.62. The van der Waals surface area contributed by atoms with E-state index in [4.69, 9.17) is 5.11 Å². The Morgan fingerprint density at radius 1 is 1.43 bits per heavy atom. The highest BCUT2D eigenvalue weighted by Crippen LogP contribution is 2.02. The largest absolute Gasteiger partial charge is 0.393 e. The summed E-state index contributed by atoms with van der Waals surface area (Å²) in [5, 5.41) is 8.97. The first-order valence-corrected chi connectivity index (χ1v) is 4.62. The Morgan fingerprint density at radius 3 is 2.64 bits per heavy atom. The molecule has 1 rings (SSSR count). The van der Waals surface area contributed by atoms with E-state index in [0.29, 0.717) is 0 Å². The summed E-state index contributed by atoms with van der Waals surface area (Å²) >= 11 is 0. The number of benzene rings is 1. The lowest BCUT2D eigenvalue weighted by Crippen LogP contribution is -2.06. The van der Waals surface area contributed by atoms with Crippen molar-refractivity contribution in [2.45, 2.75) is 19.4 Å². The SMILES string of the molecule is C[C@H](O)CC(=O)/C=C/c1ccccc1. The molecule has 1 aromatic rings. The molecule has 0 aliphatic heterocycles. The maximum atomic E-state index is 11.2. The number of carbonyl (C=O) groups excluding carboxylic acids is 1. The second kappa shape index (κ2) is 5.35. The third-order valence-electron chi connectivity index (χ3n) is 1.76. The van der Waals surface area contributed by atoms with Crippen molar-refractivity contribution in [3.05, 3.63) is 42.0 Å². The van der Waals surface area contributed by atoms with E-state index in [0.717, 1.165) is 5.56 Å². The van der Waals surface area contributed by atoms with Crippen molar-refractivity contribution < 1.29 is 9.90 Å². The van der Waals surface area contributed by atoms with Crippen molar-refractivity contribution in [3.63, 3.8) is 0 Å². The molecule has 0 unspecified atom stereocenters. The minimum atomic E-state index is -0.567. The highest BCUT2D eigenvalue weighted by atomic mass is 16.3. The first-order chi connectivity index (χ1) is 6.68. The Morgan fingerprint density at radius 2 is 2.07 bits per heavy atom. The average molecular weight is 190 g/mol. The van der Waals surface area contributed by atoms with Crippen LogP contribution in [0, 0.1) is 0 Å². The molecule has 0 heterocycles. The molecule has 0 saturated heterocycles. The van der Waals surface area contributed by atoms with E-state index in [1.165, 1.54) is 6.08 Å². The van der Waals surface area contributed by atoms with Crippen molar-refractivity contribution in [2.24, 2.45) is 0 Å². The number of carbonyl (C=O) groups is 1. The molecule has 0 aliphatic carbocycles. The third kappa shape index (κ3) is 4.01. The average Bonchev–Trinajstić information content (AvgIpc) is 2.15. The summed E-state index contributed by atoms with van der Waals surface area (Å²) < 4.78 is 0. The molecule has 0 amide bonds. The molecule has 0 radical (unpaired) electrons. The number of ketones is 1. The lowest BCUT2D eigenvalue weighted by Gasteiger charge is -1.98. The zero-order valence-corrected chi connectivity index (χ0v) is 8.18. The highest BCUT2D eigenvalue weighted by molar-refractivity contribution is 5.93. The molecule has 0 aromatic heterocycles. The molecule has 74 valence electrons. The summed E-state index contributed by atoms with van der Waals surface area (Å²) in [6.07, 6.45) is 2.87. The van der Waals surface area contributed by atoms with Gasteiger partial charge in [0.15, 0.2) is 5.78 Å². The Kier molecular flexibility index (Phi) is 4.08. The lowest BCUT2D eigenvalue weighted by atomic mass is 10.1. The predicted molar refractivity (Wildman–Crippen MR) is 56.8 cm³/mol. The number of aliphatic hydroxyl groups is 1. The van der Waals surface area contributed by atoms with Crippen LogP contribution in [0.25, 0.3) is 6.08 Å². The molecule has 1 atom stereocenters. The van der Waals surface area contributed by atoms with Crippen LogP contribution in [-0.4, -0.2) is 17.0 Å². The smallest absolute Gasteiger partial charge is 0.158 e. The van der Waals surface area contributed by atoms with Gasteiger partial charge in [-0.25, -0.2) is 0 Å². The first kappa shape index (κ1) is 10.7. The Balaban J connectivity index is 2.52. The summed E-state index contributed by atoms with van der Waals surface area (Å²) in [5.74, 6) is -0.0520. The van der Waals surface area contributed by atoms with E-state index < -0.39 is 6.10 Å². The molecule has 14 heavy (non-hydrogen) atoms. The number of aliphatic hydroxyl groups excluding tert-OH is 1. The number of rotatable bonds is 4. The molecule has 2 nitrogen and oxygen atoms in total. The maximum absolute atomic E-state index is 11.2. The van der Waals surface area contributed by atoms with Crippen molar-refractivity contribution >= 4 is 11.9 Å². The molecular formula is C12H14O2. The minimum absolute atomic E-state index is 0.0520. The van der Waals surface area contributed by atoms with Gasteiger partial charge in [0.25, 0.3) is 0 Å². The van der Waals surface area contributed by atoms with Gasteiger partial charge in [-0.05, 0) is 18.6 Å². The van der Waals surface area contributed by atoms with Gasteiger partial charge in [-0.2, -0.15) is 0 Å². The maximum Gasteiger partial charge on any atom is 0.158 e. The van der Waals surface area contributed by atoms with Crippen molar-refractivity contribution in [1.29, 1.82) is 0 Å².